The van der Waals surface area contributed by atoms with E-state index in [9.17, 15) is 24.0 Å². The van der Waals surface area contributed by atoms with Gasteiger partial charge in [0.25, 0.3) is 0 Å². The van der Waals surface area contributed by atoms with Crippen molar-refractivity contribution < 1.29 is 24.0 Å². The van der Waals surface area contributed by atoms with Crippen molar-refractivity contribution in [1.29, 1.82) is 0 Å². The molecule has 8 heteroatoms. The number of rotatable bonds is 11. The zero-order valence-electron chi connectivity index (χ0n) is 22.6. The predicted octanol–water partition coefficient (Wildman–Crippen LogP) is 5.07. The van der Waals surface area contributed by atoms with Crippen molar-refractivity contribution in [1.82, 2.24) is 15.7 Å². The lowest BCUT2D eigenvalue weighted by atomic mass is 9.81. The SMILES string of the molecule is CCC[C@H](C(=O)NO)C(CC(C)C)C(=O)NC1CCCCN(Cc2cccc(-c3ccc(F)cc3)c2)C1=O. The number of amides is 3. The van der Waals surface area contributed by atoms with Crippen LogP contribution in [0.1, 0.15) is 64.9 Å². The fourth-order valence-electron chi connectivity index (χ4n) is 5.26. The third kappa shape index (κ3) is 7.87. The molecule has 3 amide bonds. The van der Waals surface area contributed by atoms with Gasteiger partial charge in [0.05, 0.1) is 5.92 Å². The van der Waals surface area contributed by atoms with Gasteiger partial charge in [0.1, 0.15) is 11.9 Å². The first-order valence-corrected chi connectivity index (χ1v) is 13.6. The molecule has 1 aliphatic rings. The second-order valence-corrected chi connectivity index (χ2v) is 10.6. The van der Waals surface area contributed by atoms with Crippen LogP contribution in [0.5, 0.6) is 0 Å². The van der Waals surface area contributed by atoms with Crippen molar-refractivity contribution in [2.24, 2.45) is 17.8 Å². The predicted molar refractivity (Wildman–Crippen MR) is 144 cm³/mol. The highest BCUT2D eigenvalue weighted by molar-refractivity contribution is 5.91. The largest absolute Gasteiger partial charge is 0.344 e. The average Bonchev–Trinajstić information content (AvgIpc) is 3.07. The molecular weight excluding hydrogens is 485 g/mol. The minimum atomic E-state index is -0.668. The number of carbonyl (C=O) groups is 3. The molecule has 0 saturated carbocycles. The Morgan fingerprint density at radius 1 is 1.05 bits per heavy atom. The Morgan fingerprint density at radius 2 is 1.79 bits per heavy atom. The Balaban J connectivity index is 1.75. The molecule has 38 heavy (non-hydrogen) atoms. The van der Waals surface area contributed by atoms with Crippen molar-refractivity contribution >= 4 is 17.7 Å². The van der Waals surface area contributed by atoms with Crippen LogP contribution in [-0.4, -0.2) is 40.4 Å². The first kappa shape index (κ1) is 29.3. The molecule has 2 aromatic carbocycles. The highest BCUT2D eigenvalue weighted by Crippen LogP contribution is 2.27. The fraction of sp³-hybridized carbons (Fsp3) is 0.500. The van der Waals surface area contributed by atoms with Gasteiger partial charge in [0.15, 0.2) is 0 Å². The summed E-state index contributed by atoms with van der Waals surface area (Å²) >= 11 is 0. The molecule has 1 fully saturated rings. The van der Waals surface area contributed by atoms with E-state index in [-0.39, 0.29) is 23.5 Å². The molecule has 1 aliphatic heterocycles. The Kier molecular flexibility index (Phi) is 10.8. The molecule has 0 spiro atoms. The lowest BCUT2D eigenvalue weighted by Gasteiger charge is -2.29. The summed E-state index contributed by atoms with van der Waals surface area (Å²) in [6.45, 7) is 6.89. The van der Waals surface area contributed by atoms with Crippen molar-refractivity contribution in [3.8, 4) is 11.1 Å². The maximum atomic E-state index is 13.6. The third-order valence-electron chi connectivity index (χ3n) is 7.17. The average molecular weight is 526 g/mol. The third-order valence-corrected chi connectivity index (χ3v) is 7.17. The van der Waals surface area contributed by atoms with Crippen molar-refractivity contribution in [2.75, 3.05) is 6.54 Å². The zero-order chi connectivity index (χ0) is 27.7. The van der Waals surface area contributed by atoms with E-state index < -0.39 is 23.8 Å². The molecule has 2 unspecified atom stereocenters. The molecule has 0 aliphatic carbocycles. The lowest BCUT2D eigenvalue weighted by molar-refractivity contribution is -0.143. The monoisotopic (exact) mass is 525 g/mol. The topological polar surface area (TPSA) is 98.7 Å². The van der Waals surface area contributed by atoms with Gasteiger partial charge in [0, 0.05) is 19.0 Å². The van der Waals surface area contributed by atoms with Crippen LogP contribution in [0.4, 0.5) is 4.39 Å². The maximum absolute atomic E-state index is 13.6. The van der Waals surface area contributed by atoms with Crippen LogP contribution in [0.3, 0.4) is 0 Å². The van der Waals surface area contributed by atoms with E-state index in [1.165, 1.54) is 12.1 Å². The molecule has 3 rings (SSSR count). The van der Waals surface area contributed by atoms with Gasteiger partial charge in [-0.2, -0.15) is 0 Å². The highest BCUT2D eigenvalue weighted by Gasteiger charge is 2.36. The van der Waals surface area contributed by atoms with Gasteiger partial charge in [-0.1, -0.05) is 57.5 Å². The van der Waals surface area contributed by atoms with Gasteiger partial charge in [-0.25, -0.2) is 9.87 Å². The first-order chi connectivity index (χ1) is 18.2. The van der Waals surface area contributed by atoms with Crippen molar-refractivity contribution in [2.45, 2.75) is 71.9 Å². The second-order valence-electron chi connectivity index (χ2n) is 10.6. The van der Waals surface area contributed by atoms with Crippen LogP contribution in [0.25, 0.3) is 11.1 Å². The van der Waals surface area contributed by atoms with Gasteiger partial charge in [-0.3, -0.25) is 19.6 Å². The number of hydrogen-bond acceptors (Lipinski definition) is 4. The zero-order valence-corrected chi connectivity index (χ0v) is 22.6. The molecule has 1 saturated heterocycles. The molecule has 206 valence electrons. The number of carbonyl (C=O) groups excluding carboxylic acids is 3. The summed E-state index contributed by atoms with van der Waals surface area (Å²) in [6.07, 6.45) is 3.80. The van der Waals surface area contributed by atoms with Crippen molar-refractivity contribution in [3.05, 3.63) is 59.9 Å². The normalized spacial score (nSPS) is 17.6. The van der Waals surface area contributed by atoms with E-state index in [1.54, 1.807) is 22.5 Å². The second kappa shape index (κ2) is 14.0. The summed E-state index contributed by atoms with van der Waals surface area (Å²) < 4.78 is 13.3. The standard InChI is InChI=1S/C30H40FN3O4/c1-4-8-25(29(36)33-38)26(17-20(2)3)28(35)32-27-11-5-6-16-34(30(27)37)19-21-9-7-10-23(18-21)22-12-14-24(31)15-13-22/h7,9-10,12-15,18,20,25-27,38H,4-6,8,11,16-17,19H2,1-3H3,(H,32,35)(H,33,36)/t25-,26?,27?/m0/s1. The quantitative estimate of drug-likeness (QED) is 0.282. The smallest absolute Gasteiger partial charge is 0.247 e. The molecule has 1 heterocycles. The van der Waals surface area contributed by atoms with E-state index in [2.05, 4.69) is 5.32 Å². The highest BCUT2D eigenvalue weighted by atomic mass is 19.1. The Bertz CT molecular complexity index is 1090. The Labute approximate surface area is 224 Å². The summed E-state index contributed by atoms with van der Waals surface area (Å²) in [6, 6.07) is 13.5. The van der Waals surface area contributed by atoms with Gasteiger partial charge in [0.2, 0.25) is 17.7 Å². The van der Waals surface area contributed by atoms with Crippen LogP contribution in [0.15, 0.2) is 48.5 Å². The molecule has 0 radical (unpaired) electrons. The number of benzene rings is 2. The summed E-state index contributed by atoms with van der Waals surface area (Å²) in [7, 11) is 0. The number of hydrogen-bond donors (Lipinski definition) is 3. The maximum Gasteiger partial charge on any atom is 0.247 e. The van der Waals surface area contributed by atoms with Gasteiger partial charge in [-0.15, -0.1) is 0 Å². The lowest BCUT2D eigenvalue weighted by Crippen LogP contribution is -2.51. The van der Waals surface area contributed by atoms with Crippen LogP contribution in [0.2, 0.25) is 0 Å². The van der Waals surface area contributed by atoms with Crippen molar-refractivity contribution in [3.63, 3.8) is 0 Å². The van der Waals surface area contributed by atoms with Gasteiger partial charge >= 0.3 is 0 Å². The molecule has 7 nitrogen and oxygen atoms in total. The summed E-state index contributed by atoms with van der Waals surface area (Å²) in [5.74, 6) is -2.46. The van der Waals surface area contributed by atoms with E-state index >= 15 is 0 Å². The molecule has 0 bridgehead atoms. The number of likely N-dealkylation sites (tertiary alicyclic amines) is 1. The van der Waals surface area contributed by atoms with Crippen LogP contribution in [-0.2, 0) is 20.9 Å². The number of hydroxylamine groups is 1. The Morgan fingerprint density at radius 3 is 2.45 bits per heavy atom. The summed E-state index contributed by atoms with van der Waals surface area (Å²) in [5.41, 5.74) is 4.51. The number of nitrogens with zero attached hydrogens (tertiary/aromatic N) is 1. The molecule has 0 aromatic heterocycles. The van der Waals surface area contributed by atoms with Crippen LogP contribution < -0.4 is 10.8 Å². The molecule has 3 N–H and O–H groups in total. The summed E-state index contributed by atoms with van der Waals surface area (Å²) in [5, 5.41) is 12.2. The van der Waals surface area contributed by atoms with E-state index in [0.717, 1.165) is 29.5 Å². The van der Waals surface area contributed by atoms with E-state index in [1.807, 2.05) is 45.0 Å². The minimum absolute atomic E-state index is 0.134. The van der Waals surface area contributed by atoms with Crippen LogP contribution >= 0.6 is 0 Å². The van der Waals surface area contributed by atoms with E-state index in [0.29, 0.717) is 38.8 Å². The number of nitrogens with one attached hydrogen (secondary N) is 2. The van der Waals surface area contributed by atoms with Gasteiger partial charge < -0.3 is 10.2 Å². The van der Waals surface area contributed by atoms with Crippen LogP contribution in [0, 0.1) is 23.6 Å². The first-order valence-electron chi connectivity index (χ1n) is 13.6. The van der Waals surface area contributed by atoms with E-state index in [4.69, 9.17) is 0 Å². The Hall–Kier alpha value is -3.26. The summed E-state index contributed by atoms with van der Waals surface area (Å²) in [4.78, 5) is 41.2. The molecule has 3 atom stereocenters. The van der Waals surface area contributed by atoms with Gasteiger partial charge in [-0.05, 0) is 72.9 Å². The number of halogens is 1. The fourth-order valence-corrected chi connectivity index (χ4v) is 5.26. The minimum Gasteiger partial charge on any atom is -0.344 e. The molecular formula is C30H40FN3O4. The molecule has 2 aromatic rings.